The van der Waals surface area contributed by atoms with E-state index in [2.05, 4.69) is 0 Å². The van der Waals surface area contributed by atoms with E-state index in [9.17, 15) is 4.39 Å². The molecule has 0 fully saturated rings. The molecule has 0 amide bonds. The molecule has 0 aliphatic carbocycles. The van der Waals surface area contributed by atoms with Crippen LogP contribution in [0, 0.1) is 5.82 Å². The molecule has 0 aliphatic heterocycles. The minimum atomic E-state index is -0.432. The third kappa shape index (κ3) is 3.46. The fourth-order valence-electron chi connectivity index (χ4n) is 1.82. The summed E-state index contributed by atoms with van der Waals surface area (Å²) in [6.07, 6.45) is 0.743. The van der Waals surface area contributed by atoms with E-state index in [1.165, 1.54) is 6.07 Å². The molecule has 0 atom stereocenters. The topological polar surface area (TPSA) is 35.2 Å². The average molecular weight is 280 g/mol. The Kier molecular flexibility index (Phi) is 4.77. The Morgan fingerprint density at radius 3 is 2.58 bits per heavy atom. The van der Waals surface area contributed by atoms with Crippen LogP contribution in [0.1, 0.15) is 11.1 Å². The lowest BCUT2D eigenvalue weighted by molar-refractivity contribution is 0.302. The van der Waals surface area contributed by atoms with Gasteiger partial charge < -0.3 is 10.5 Å². The normalized spacial score (nSPS) is 10.5. The molecular formula is C15H15ClFNO. The van der Waals surface area contributed by atoms with Gasteiger partial charge in [-0.2, -0.15) is 0 Å². The number of hydrogen-bond donors (Lipinski definition) is 1. The number of benzene rings is 2. The molecule has 0 saturated heterocycles. The van der Waals surface area contributed by atoms with Gasteiger partial charge in [-0.25, -0.2) is 4.39 Å². The standard InChI is InChI=1S/C15H15ClFNO/c16-15-12(5-3-6-13(15)17)10-19-14-7-2-1-4-11(14)8-9-18/h1-7H,8-10,18H2. The van der Waals surface area contributed by atoms with Gasteiger partial charge >= 0.3 is 0 Å². The van der Waals surface area contributed by atoms with Gasteiger partial charge in [-0.3, -0.25) is 0 Å². The van der Waals surface area contributed by atoms with Crippen LogP contribution in [0.5, 0.6) is 5.75 Å². The summed E-state index contributed by atoms with van der Waals surface area (Å²) in [6, 6.07) is 12.4. The van der Waals surface area contributed by atoms with Crippen molar-refractivity contribution in [1.82, 2.24) is 0 Å². The van der Waals surface area contributed by atoms with Crippen molar-refractivity contribution in [1.29, 1.82) is 0 Å². The predicted octanol–water partition coefficient (Wildman–Crippen LogP) is 3.56. The molecule has 0 aliphatic rings. The van der Waals surface area contributed by atoms with Crippen LogP contribution >= 0.6 is 11.6 Å². The molecule has 2 N–H and O–H groups in total. The van der Waals surface area contributed by atoms with E-state index in [-0.39, 0.29) is 11.6 Å². The second-order valence-corrected chi connectivity index (χ2v) is 4.53. The second kappa shape index (κ2) is 6.55. The molecule has 2 aromatic rings. The Balaban J connectivity index is 2.12. The highest BCUT2D eigenvalue weighted by atomic mass is 35.5. The van der Waals surface area contributed by atoms with Crippen molar-refractivity contribution in [2.75, 3.05) is 6.54 Å². The van der Waals surface area contributed by atoms with E-state index in [0.717, 1.165) is 17.7 Å². The van der Waals surface area contributed by atoms with Crippen LogP contribution in [0.2, 0.25) is 5.02 Å². The fraction of sp³-hybridized carbons (Fsp3) is 0.200. The minimum absolute atomic E-state index is 0.110. The summed E-state index contributed by atoms with van der Waals surface area (Å²) >= 11 is 5.89. The summed E-state index contributed by atoms with van der Waals surface area (Å²) in [5.74, 6) is 0.325. The SMILES string of the molecule is NCCc1ccccc1OCc1cccc(F)c1Cl. The van der Waals surface area contributed by atoms with Gasteiger partial charge in [-0.15, -0.1) is 0 Å². The van der Waals surface area contributed by atoms with Crippen LogP contribution < -0.4 is 10.5 Å². The molecule has 0 aromatic heterocycles. The molecule has 2 nitrogen and oxygen atoms in total. The first kappa shape index (κ1) is 13.8. The average Bonchev–Trinajstić information content (AvgIpc) is 2.42. The van der Waals surface area contributed by atoms with Crippen molar-refractivity contribution in [2.45, 2.75) is 13.0 Å². The maximum Gasteiger partial charge on any atom is 0.142 e. The molecule has 2 rings (SSSR count). The molecular weight excluding hydrogens is 265 g/mol. The Labute approximate surface area is 117 Å². The van der Waals surface area contributed by atoms with Crippen LogP contribution in [0.25, 0.3) is 0 Å². The van der Waals surface area contributed by atoms with Gasteiger partial charge in [0.25, 0.3) is 0 Å². The highest BCUT2D eigenvalue weighted by Crippen LogP contribution is 2.23. The van der Waals surface area contributed by atoms with Crippen LogP contribution in [0.3, 0.4) is 0 Å². The summed E-state index contributed by atoms with van der Waals surface area (Å²) in [4.78, 5) is 0. The van der Waals surface area contributed by atoms with Gasteiger partial charge in [0.15, 0.2) is 0 Å². The van der Waals surface area contributed by atoms with Crippen LogP contribution in [-0.4, -0.2) is 6.54 Å². The zero-order valence-corrected chi connectivity index (χ0v) is 11.2. The highest BCUT2D eigenvalue weighted by molar-refractivity contribution is 6.31. The lowest BCUT2D eigenvalue weighted by atomic mass is 10.1. The smallest absolute Gasteiger partial charge is 0.142 e. The number of para-hydroxylation sites is 1. The van der Waals surface area contributed by atoms with E-state index >= 15 is 0 Å². The van der Waals surface area contributed by atoms with E-state index in [4.69, 9.17) is 22.1 Å². The predicted molar refractivity (Wildman–Crippen MR) is 74.9 cm³/mol. The highest BCUT2D eigenvalue weighted by Gasteiger charge is 2.07. The van der Waals surface area contributed by atoms with Gasteiger partial charge in [0, 0.05) is 5.56 Å². The van der Waals surface area contributed by atoms with Crippen LogP contribution in [-0.2, 0) is 13.0 Å². The summed E-state index contributed by atoms with van der Waals surface area (Å²) in [6.45, 7) is 0.791. The van der Waals surface area contributed by atoms with E-state index in [0.29, 0.717) is 12.1 Å². The van der Waals surface area contributed by atoms with Crippen molar-refractivity contribution < 1.29 is 9.13 Å². The lowest BCUT2D eigenvalue weighted by Crippen LogP contribution is -2.05. The monoisotopic (exact) mass is 279 g/mol. The van der Waals surface area contributed by atoms with E-state index < -0.39 is 5.82 Å². The Morgan fingerprint density at radius 1 is 1.05 bits per heavy atom. The zero-order chi connectivity index (χ0) is 13.7. The number of ether oxygens (including phenoxy) is 1. The molecule has 0 unspecified atom stereocenters. The lowest BCUT2D eigenvalue weighted by Gasteiger charge is -2.12. The molecule has 0 heterocycles. The van der Waals surface area contributed by atoms with Crippen molar-refractivity contribution in [3.05, 3.63) is 64.4 Å². The van der Waals surface area contributed by atoms with Crippen molar-refractivity contribution in [3.63, 3.8) is 0 Å². The Hall–Kier alpha value is -1.58. The van der Waals surface area contributed by atoms with E-state index in [1.54, 1.807) is 12.1 Å². The van der Waals surface area contributed by atoms with Gasteiger partial charge in [-0.1, -0.05) is 41.9 Å². The maximum absolute atomic E-state index is 13.3. The summed E-state index contributed by atoms with van der Waals surface area (Å²) in [5.41, 5.74) is 7.22. The molecule has 0 bridgehead atoms. The van der Waals surface area contributed by atoms with Gasteiger partial charge in [0.05, 0.1) is 5.02 Å². The van der Waals surface area contributed by atoms with Gasteiger partial charge in [0.1, 0.15) is 18.2 Å². The molecule has 19 heavy (non-hydrogen) atoms. The second-order valence-electron chi connectivity index (χ2n) is 4.15. The van der Waals surface area contributed by atoms with Crippen molar-refractivity contribution in [3.8, 4) is 5.75 Å². The van der Waals surface area contributed by atoms with Gasteiger partial charge in [0.2, 0.25) is 0 Å². The number of halogens is 2. The largest absolute Gasteiger partial charge is 0.489 e. The number of nitrogens with two attached hydrogens (primary N) is 1. The molecule has 0 spiro atoms. The van der Waals surface area contributed by atoms with Crippen LogP contribution in [0.4, 0.5) is 4.39 Å². The summed E-state index contributed by atoms with van der Waals surface area (Å²) < 4.78 is 19.0. The quantitative estimate of drug-likeness (QED) is 0.908. The molecule has 2 aromatic carbocycles. The number of hydrogen-bond acceptors (Lipinski definition) is 2. The first-order valence-electron chi connectivity index (χ1n) is 6.06. The van der Waals surface area contributed by atoms with Crippen molar-refractivity contribution in [2.24, 2.45) is 5.73 Å². The maximum atomic E-state index is 13.3. The molecule has 0 saturated carbocycles. The van der Waals surface area contributed by atoms with Crippen molar-refractivity contribution >= 4 is 11.6 Å². The third-order valence-electron chi connectivity index (χ3n) is 2.80. The fourth-order valence-corrected chi connectivity index (χ4v) is 2.00. The number of rotatable bonds is 5. The molecule has 4 heteroatoms. The van der Waals surface area contributed by atoms with Crippen LogP contribution in [0.15, 0.2) is 42.5 Å². The third-order valence-corrected chi connectivity index (χ3v) is 3.22. The first-order valence-corrected chi connectivity index (χ1v) is 6.44. The zero-order valence-electron chi connectivity index (χ0n) is 10.4. The minimum Gasteiger partial charge on any atom is -0.489 e. The van der Waals surface area contributed by atoms with E-state index in [1.807, 2.05) is 24.3 Å². The Morgan fingerprint density at radius 2 is 1.79 bits per heavy atom. The Bertz CT molecular complexity index is 560. The van der Waals surface area contributed by atoms with Gasteiger partial charge in [-0.05, 0) is 30.7 Å². The summed E-state index contributed by atoms with van der Waals surface area (Å²) in [7, 11) is 0. The molecule has 100 valence electrons. The molecule has 0 radical (unpaired) electrons. The summed E-state index contributed by atoms with van der Waals surface area (Å²) in [5, 5.41) is 0.110. The first-order chi connectivity index (χ1) is 9.22.